The Balaban J connectivity index is 1.97. The smallest absolute Gasteiger partial charge is 0.341 e. The predicted molar refractivity (Wildman–Crippen MR) is 126 cm³/mol. The van der Waals surface area contributed by atoms with Crippen LogP contribution in [0.15, 0.2) is 48.5 Å². The van der Waals surface area contributed by atoms with Crippen LogP contribution in [0, 0.1) is 20.8 Å². The summed E-state index contributed by atoms with van der Waals surface area (Å²) in [6.45, 7) is 8.19. The lowest BCUT2D eigenvalue weighted by Gasteiger charge is -2.15. The number of aryl methyl sites for hydroxylation is 3. The van der Waals surface area contributed by atoms with Gasteiger partial charge in [-0.15, -0.1) is 11.3 Å². The minimum Gasteiger partial charge on any atom is -0.462 e. The van der Waals surface area contributed by atoms with Crippen molar-refractivity contribution in [2.24, 2.45) is 0 Å². The number of nitrogens with one attached hydrogen (secondary N) is 2. The fraction of sp³-hybridized carbons (Fsp3) is 0.217. The number of hydrogen-bond acceptors (Lipinski definition) is 4. The standard InChI is InChI=1S/C23H24N2O2S2/c1-5-27-22(26)19-18(17-12-7-6-8-13-17)16(4)29-21(19)25-23(28)24-20-14(2)10-9-11-15(20)3/h6-13H,5H2,1-4H3,(H2,24,25,28). The van der Waals surface area contributed by atoms with Crippen molar-refractivity contribution in [3.8, 4) is 11.1 Å². The number of rotatable bonds is 5. The molecule has 0 atom stereocenters. The van der Waals surface area contributed by atoms with Gasteiger partial charge in [0, 0.05) is 16.1 Å². The molecule has 0 radical (unpaired) electrons. The van der Waals surface area contributed by atoms with E-state index in [2.05, 4.69) is 10.6 Å². The minimum absolute atomic E-state index is 0.312. The Kier molecular flexibility index (Phi) is 6.67. The first kappa shape index (κ1) is 21.0. The highest BCUT2D eigenvalue weighted by molar-refractivity contribution is 7.80. The Labute approximate surface area is 180 Å². The van der Waals surface area contributed by atoms with Crippen molar-refractivity contribution >= 4 is 45.3 Å². The summed E-state index contributed by atoms with van der Waals surface area (Å²) in [6.07, 6.45) is 0. The highest BCUT2D eigenvalue weighted by Crippen LogP contribution is 2.40. The molecule has 150 valence electrons. The van der Waals surface area contributed by atoms with Crippen molar-refractivity contribution in [2.45, 2.75) is 27.7 Å². The van der Waals surface area contributed by atoms with E-state index in [4.69, 9.17) is 17.0 Å². The van der Waals surface area contributed by atoms with Crippen LogP contribution in [0.2, 0.25) is 0 Å². The first-order valence-corrected chi connectivity index (χ1v) is 10.6. The van der Waals surface area contributed by atoms with Gasteiger partial charge in [0.15, 0.2) is 5.11 Å². The van der Waals surface area contributed by atoms with E-state index in [9.17, 15) is 4.79 Å². The van der Waals surface area contributed by atoms with Gasteiger partial charge in [-0.25, -0.2) is 4.79 Å². The van der Waals surface area contributed by atoms with Crippen LogP contribution in [0.3, 0.4) is 0 Å². The minimum atomic E-state index is -0.354. The monoisotopic (exact) mass is 424 g/mol. The van der Waals surface area contributed by atoms with E-state index in [0.717, 1.165) is 32.8 Å². The molecule has 0 spiro atoms. The van der Waals surface area contributed by atoms with E-state index < -0.39 is 0 Å². The zero-order chi connectivity index (χ0) is 21.0. The van der Waals surface area contributed by atoms with Crippen LogP contribution in [0.1, 0.15) is 33.3 Å². The molecule has 0 aliphatic carbocycles. The van der Waals surface area contributed by atoms with Crippen LogP contribution in [0.4, 0.5) is 10.7 Å². The summed E-state index contributed by atoms with van der Waals surface area (Å²) < 4.78 is 5.35. The number of thiocarbonyl (C=S) groups is 1. The number of carbonyl (C=O) groups excluding carboxylic acids is 1. The van der Waals surface area contributed by atoms with Crippen LogP contribution < -0.4 is 10.6 Å². The molecule has 2 aromatic carbocycles. The van der Waals surface area contributed by atoms with E-state index in [1.807, 2.05) is 69.3 Å². The third kappa shape index (κ3) is 4.66. The Morgan fingerprint density at radius 3 is 2.28 bits per heavy atom. The normalized spacial score (nSPS) is 10.5. The van der Waals surface area contributed by atoms with Crippen molar-refractivity contribution < 1.29 is 9.53 Å². The van der Waals surface area contributed by atoms with Gasteiger partial charge in [-0.05, 0) is 56.6 Å². The maximum atomic E-state index is 12.8. The molecular weight excluding hydrogens is 400 g/mol. The Bertz CT molecular complexity index is 1020. The largest absolute Gasteiger partial charge is 0.462 e. The molecule has 2 N–H and O–H groups in total. The average molecular weight is 425 g/mol. The second-order valence-corrected chi connectivity index (χ2v) is 8.30. The lowest BCUT2D eigenvalue weighted by molar-refractivity contribution is 0.0529. The zero-order valence-electron chi connectivity index (χ0n) is 17.0. The van der Waals surface area contributed by atoms with E-state index >= 15 is 0 Å². The summed E-state index contributed by atoms with van der Waals surface area (Å²) in [6, 6.07) is 15.9. The molecule has 3 aromatic rings. The SMILES string of the molecule is CCOC(=O)c1c(NC(=S)Nc2c(C)cccc2C)sc(C)c1-c1ccccc1. The van der Waals surface area contributed by atoms with Crippen LogP contribution in [0.25, 0.3) is 11.1 Å². The third-order valence-electron chi connectivity index (χ3n) is 4.57. The van der Waals surface area contributed by atoms with Crippen LogP contribution in [-0.2, 0) is 4.74 Å². The second kappa shape index (κ2) is 9.20. The summed E-state index contributed by atoms with van der Waals surface area (Å²) in [4.78, 5) is 13.8. The van der Waals surface area contributed by atoms with Crippen molar-refractivity contribution in [2.75, 3.05) is 17.2 Å². The molecule has 0 amide bonds. The van der Waals surface area contributed by atoms with Crippen molar-refractivity contribution in [3.05, 3.63) is 70.1 Å². The van der Waals surface area contributed by atoms with Crippen LogP contribution in [0.5, 0.6) is 0 Å². The quantitative estimate of drug-likeness (QED) is 0.370. The highest BCUT2D eigenvalue weighted by atomic mass is 32.1. The van der Waals surface area contributed by atoms with Gasteiger partial charge in [0.2, 0.25) is 0 Å². The van der Waals surface area contributed by atoms with E-state index in [1.54, 1.807) is 6.92 Å². The summed E-state index contributed by atoms with van der Waals surface area (Å²) in [7, 11) is 0. The zero-order valence-corrected chi connectivity index (χ0v) is 18.6. The molecule has 29 heavy (non-hydrogen) atoms. The fourth-order valence-electron chi connectivity index (χ4n) is 3.24. The number of thiophene rings is 1. The maximum Gasteiger partial charge on any atom is 0.341 e. The summed E-state index contributed by atoms with van der Waals surface area (Å²) >= 11 is 7.05. The molecule has 0 aliphatic rings. The summed E-state index contributed by atoms with van der Waals surface area (Å²) in [5.41, 5.74) is 5.56. The lowest BCUT2D eigenvalue weighted by atomic mass is 10.0. The Morgan fingerprint density at radius 1 is 1.00 bits per heavy atom. The van der Waals surface area contributed by atoms with Gasteiger partial charge in [-0.2, -0.15) is 0 Å². The number of hydrogen-bond donors (Lipinski definition) is 2. The van der Waals surface area contributed by atoms with E-state index in [1.165, 1.54) is 11.3 Å². The van der Waals surface area contributed by atoms with Gasteiger partial charge >= 0.3 is 5.97 Å². The summed E-state index contributed by atoms with van der Waals surface area (Å²) in [5.74, 6) is -0.354. The fourth-order valence-corrected chi connectivity index (χ4v) is 4.58. The third-order valence-corrected chi connectivity index (χ3v) is 5.80. The first-order chi connectivity index (χ1) is 13.9. The molecule has 4 nitrogen and oxygen atoms in total. The average Bonchev–Trinajstić information content (AvgIpc) is 3.01. The van der Waals surface area contributed by atoms with Crippen LogP contribution in [-0.4, -0.2) is 17.7 Å². The first-order valence-electron chi connectivity index (χ1n) is 9.42. The summed E-state index contributed by atoms with van der Waals surface area (Å²) in [5, 5.41) is 7.61. The lowest BCUT2D eigenvalue weighted by Crippen LogP contribution is -2.21. The van der Waals surface area contributed by atoms with Gasteiger partial charge in [-0.3, -0.25) is 0 Å². The number of esters is 1. The van der Waals surface area contributed by atoms with Gasteiger partial charge < -0.3 is 15.4 Å². The topological polar surface area (TPSA) is 50.4 Å². The molecule has 3 rings (SSSR count). The molecule has 0 unspecified atom stereocenters. The second-order valence-electron chi connectivity index (χ2n) is 6.67. The molecule has 0 saturated carbocycles. The Hall–Kier alpha value is -2.70. The number of ether oxygens (including phenoxy) is 1. The molecule has 0 bridgehead atoms. The van der Waals surface area contributed by atoms with Crippen molar-refractivity contribution in [1.82, 2.24) is 0 Å². The van der Waals surface area contributed by atoms with Gasteiger partial charge in [-0.1, -0.05) is 48.5 Å². The van der Waals surface area contributed by atoms with E-state index in [-0.39, 0.29) is 5.97 Å². The Morgan fingerprint density at radius 2 is 1.66 bits per heavy atom. The van der Waals surface area contributed by atoms with Crippen LogP contribution >= 0.6 is 23.6 Å². The molecular formula is C23H24N2O2S2. The van der Waals surface area contributed by atoms with Gasteiger partial charge in [0.05, 0.1) is 6.61 Å². The number of benzene rings is 2. The highest BCUT2D eigenvalue weighted by Gasteiger charge is 2.25. The molecule has 0 saturated heterocycles. The van der Waals surface area contributed by atoms with E-state index in [0.29, 0.717) is 22.3 Å². The molecule has 1 aromatic heterocycles. The number of anilines is 2. The number of para-hydroxylation sites is 1. The van der Waals surface area contributed by atoms with Crippen molar-refractivity contribution in [3.63, 3.8) is 0 Å². The van der Waals surface area contributed by atoms with Crippen molar-refractivity contribution in [1.29, 1.82) is 0 Å². The van der Waals surface area contributed by atoms with Gasteiger partial charge in [0.1, 0.15) is 10.6 Å². The number of carbonyl (C=O) groups is 1. The molecule has 0 aliphatic heterocycles. The molecule has 1 heterocycles. The molecule has 0 fully saturated rings. The molecule has 6 heteroatoms. The van der Waals surface area contributed by atoms with Gasteiger partial charge in [0.25, 0.3) is 0 Å². The maximum absolute atomic E-state index is 12.8. The predicted octanol–water partition coefficient (Wildman–Crippen LogP) is 6.33.